The SMILES string of the molecule is C=CC(=O)OC.CCCCCC(=O)OC.CCN1C(=O)CCC2=C1Cc1cc(C(=O)c3ccc(Cl)c(S(N)(=O)=O)c3)ccc12.CCN1C(=O)CCC2=C1Cc1ccccc12.NS(=O)(=O)c1cc(C(=O)Cl)ccc1Cl.O=C1Cc2ccccc2C1. The Kier molecular flexibility index (Phi) is 25.1. The zero-order chi connectivity index (χ0) is 62.1. The van der Waals surface area contributed by atoms with Gasteiger partial charge in [-0.2, -0.15) is 0 Å². The van der Waals surface area contributed by atoms with Crippen molar-refractivity contribution in [1.82, 2.24) is 9.80 Å². The van der Waals surface area contributed by atoms with E-state index in [-0.39, 0.29) is 54.5 Å². The third kappa shape index (κ3) is 18.0. The Labute approximate surface area is 505 Å². The van der Waals surface area contributed by atoms with Crippen molar-refractivity contribution in [2.75, 3.05) is 27.3 Å². The van der Waals surface area contributed by atoms with E-state index in [1.165, 1.54) is 83.6 Å². The maximum Gasteiger partial charge on any atom is 0.329 e. The molecule has 2 aliphatic heterocycles. The summed E-state index contributed by atoms with van der Waals surface area (Å²) >= 11 is 16.6. The molecule has 10 rings (SSSR count). The smallest absolute Gasteiger partial charge is 0.329 e. The second-order valence-electron chi connectivity index (χ2n) is 19.4. The number of nitrogens with two attached hydrogens (primary N) is 2. The zero-order valence-electron chi connectivity index (χ0n) is 47.3. The predicted octanol–water partition coefficient (Wildman–Crippen LogP) is 10.5. The number of nitrogens with zero attached hydrogens (tertiary/aromatic N) is 2. The number of allylic oxidation sites excluding steroid dienone is 4. The molecule has 0 unspecified atom stereocenters. The standard InChI is InChI=1S/C21H19ClN2O4S.C14H15NO.C9H8O.C7H5Cl2NO3S.C7H14O2.C4H6O2/c1-2-24-18-10-14-9-12(3-5-15(14)16(18)6-8-20(24)25)21(26)13-4-7-17(22)19(11-13)29(23,27)28;1-2-15-13-9-10-5-3-4-6-11(10)12(13)7-8-14(15)16;10-9-5-7-3-1-2-4-8(7)6-9;8-5-2-1-4(7(9)11)3-6(5)14(10,12)13;1-3-4-5-6-7(8)9-2;1-3-4(5)6-2/h3-5,7,9,11H,2,6,8,10H2,1H3,(H2,23,27,28);3-6H,2,7-9H2,1H3;1-4H,5-6H2;1-3H,(H2,10,12,13);3-6H2,1-2H3;3H,1H2,2H3. The Hall–Kier alpha value is -7.10. The van der Waals surface area contributed by atoms with Gasteiger partial charge in [0.25, 0.3) is 5.24 Å². The van der Waals surface area contributed by atoms with Crippen LogP contribution in [-0.2, 0) is 79.2 Å². The number of carbonyl (C=O) groups excluding carboxylic acids is 7. The van der Waals surface area contributed by atoms with Gasteiger partial charge in [-0.15, -0.1) is 0 Å². The lowest BCUT2D eigenvalue weighted by atomic mass is 9.95. The van der Waals surface area contributed by atoms with Crippen LogP contribution in [0.2, 0.25) is 10.0 Å². The highest BCUT2D eigenvalue weighted by molar-refractivity contribution is 7.89. The molecule has 0 radical (unpaired) electrons. The van der Waals surface area contributed by atoms with E-state index in [9.17, 15) is 50.4 Å². The molecule has 3 aliphatic carbocycles. The number of primary sulfonamides is 2. The van der Waals surface area contributed by atoms with Crippen LogP contribution in [-0.4, -0.2) is 94.5 Å². The van der Waals surface area contributed by atoms with Crippen LogP contribution in [0.1, 0.15) is 132 Å². The molecule has 5 aromatic carbocycles. The number of sulfonamides is 2. The summed E-state index contributed by atoms with van der Waals surface area (Å²) < 4.78 is 53.9. The van der Waals surface area contributed by atoms with Crippen molar-refractivity contribution in [3.63, 3.8) is 0 Å². The van der Waals surface area contributed by atoms with Crippen LogP contribution in [0.4, 0.5) is 0 Å². The largest absolute Gasteiger partial charge is 0.469 e. The molecule has 5 aromatic rings. The van der Waals surface area contributed by atoms with Gasteiger partial charge in [-0.05, 0) is 132 Å². The van der Waals surface area contributed by atoms with E-state index in [0.717, 1.165) is 67.6 Å². The first-order valence-electron chi connectivity index (χ1n) is 26.8. The lowest BCUT2D eigenvalue weighted by molar-refractivity contribution is -0.141. The molecule has 17 nitrogen and oxygen atoms in total. The number of Topliss-reactive ketones (excluding diaryl/α,β-unsaturated/α-hetero) is 1. The minimum Gasteiger partial charge on any atom is -0.469 e. The second kappa shape index (κ2) is 31.2. The molecule has 0 bridgehead atoms. The maximum atomic E-state index is 13.0. The minimum absolute atomic E-state index is 0.0279. The highest BCUT2D eigenvalue weighted by Gasteiger charge is 2.33. The van der Waals surface area contributed by atoms with Crippen LogP contribution in [0.15, 0.2) is 137 Å². The van der Waals surface area contributed by atoms with Gasteiger partial charge in [0, 0.05) is 92.2 Å². The number of likely N-dealkylation sites (N-methyl/N-ethyl adjacent to an activating group) is 2. The second-order valence-corrected chi connectivity index (χ2v) is 23.6. The molecule has 0 atom stereocenters. The van der Waals surface area contributed by atoms with E-state index in [4.69, 9.17) is 45.1 Å². The molecule has 2 amide bonds. The average molecular weight is 1250 g/mol. The van der Waals surface area contributed by atoms with Gasteiger partial charge >= 0.3 is 11.9 Å². The van der Waals surface area contributed by atoms with Crippen LogP contribution in [0.25, 0.3) is 11.1 Å². The molecule has 0 saturated heterocycles. The fourth-order valence-electron chi connectivity index (χ4n) is 9.84. The number of amides is 2. The predicted molar refractivity (Wildman–Crippen MR) is 324 cm³/mol. The minimum atomic E-state index is -4.04. The van der Waals surface area contributed by atoms with Gasteiger partial charge < -0.3 is 19.3 Å². The normalized spacial score (nSPS) is 14.3. The third-order valence-electron chi connectivity index (χ3n) is 13.9. The topological polar surface area (TPSA) is 265 Å². The Bertz CT molecular complexity index is 3630. The Morgan fingerprint density at radius 1 is 0.583 bits per heavy atom. The van der Waals surface area contributed by atoms with E-state index in [0.29, 0.717) is 62.8 Å². The van der Waals surface area contributed by atoms with Gasteiger partial charge in [0.15, 0.2) is 5.78 Å². The quantitative estimate of drug-likeness (QED) is 0.0387. The molecule has 4 N–H and O–H groups in total. The first kappa shape index (κ1) is 67.7. The van der Waals surface area contributed by atoms with Gasteiger partial charge in [-0.3, -0.25) is 28.8 Å². The lowest BCUT2D eigenvalue weighted by Crippen LogP contribution is -2.33. The first-order valence-corrected chi connectivity index (χ1v) is 31.1. The summed E-state index contributed by atoms with van der Waals surface area (Å²) in [6, 6.07) is 29.6. The summed E-state index contributed by atoms with van der Waals surface area (Å²) in [6.45, 7) is 10.7. The first-order chi connectivity index (χ1) is 39.8. The Balaban J connectivity index is 0.000000200. The van der Waals surface area contributed by atoms with Crippen molar-refractivity contribution in [2.45, 2.75) is 108 Å². The number of carbonyl (C=O) groups is 7. The molecule has 0 fully saturated rings. The van der Waals surface area contributed by atoms with E-state index in [2.05, 4.69) is 54.2 Å². The number of benzene rings is 5. The summed E-state index contributed by atoms with van der Waals surface area (Å²) in [4.78, 5) is 82.1. The number of rotatable bonds is 12. The van der Waals surface area contributed by atoms with Crippen LogP contribution in [0.3, 0.4) is 0 Å². The fourth-order valence-corrected chi connectivity index (χ4v) is 12.1. The lowest BCUT2D eigenvalue weighted by Gasteiger charge is -2.28. The summed E-state index contributed by atoms with van der Waals surface area (Å²) in [7, 11) is -5.24. The average Bonchev–Trinajstić information content (AvgIpc) is 2.88. The summed E-state index contributed by atoms with van der Waals surface area (Å²) in [5, 5.41) is 9.20. The molecular formula is C62H67Cl3N4O13S2. The summed E-state index contributed by atoms with van der Waals surface area (Å²) in [5.74, 6) is -0.0385. The van der Waals surface area contributed by atoms with Crippen LogP contribution < -0.4 is 10.3 Å². The maximum absolute atomic E-state index is 13.0. The van der Waals surface area contributed by atoms with Crippen molar-refractivity contribution in [2.24, 2.45) is 10.3 Å². The van der Waals surface area contributed by atoms with E-state index in [1.807, 2.05) is 53.1 Å². The molecule has 0 spiro atoms. The molecule has 22 heteroatoms. The monoisotopic (exact) mass is 1240 g/mol. The van der Waals surface area contributed by atoms with Gasteiger partial charge in [-0.1, -0.05) is 110 Å². The van der Waals surface area contributed by atoms with Crippen LogP contribution in [0.5, 0.6) is 0 Å². The number of ketones is 2. The molecule has 84 heavy (non-hydrogen) atoms. The van der Waals surface area contributed by atoms with Gasteiger partial charge in [0.1, 0.15) is 15.6 Å². The number of esters is 2. The number of hydrogen-bond donors (Lipinski definition) is 2. The van der Waals surface area contributed by atoms with E-state index >= 15 is 0 Å². The molecule has 446 valence electrons. The number of fused-ring (bicyclic) bond motifs is 5. The number of methoxy groups -OCH3 is 2. The molecule has 2 heterocycles. The highest BCUT2D eigenvalue weighted by Crippen LogP contribution is 2.42. The van der Waals surface area contributed by atoms with Crippen molar-refractivity contribution < 1.29 is 59.9 Å². The van der Waals surface area contributed by atoms with E-state index in [1.54, 1.807) is 6.07 Å². The van der Waals surface area contributed by atoms with Crippen LogP contribution in [0, 0.1) is 0 Å². The summed E-state index contributed by atoms with van der Waals surface area (Å²) in [5.41, 5.74) is 12.7. The summed E-state index contributed by atoms with van der Waals surface area (Å²) in [6.07, 6.45) is 10.5. The van der Waals surface area contributed by atoms with Crippen molar-refractivity contribution in [1.29, 1.82) is 0 Å². The van der Waals surface area contributed by atoms with Crippen molar-refractivity contribution in [3.8, 4) is 0 Å². The highest BCUT2D eigenvalue weighted by atomic mass is 35.5. The number of unbranched alkanes of at least 4 members (excludes halogenated alkanes) is 2. The van der Waals surface area contributed by atoms with Gasteiger partial charge in [0.2, 0.25) is 31.9 Å². The Morgan fingerprint density at radius 3 is 1.49 bits per heavy atom. The van der Waals surface area contributed by atoms with Crippen molar-refractivity contribution in [3.05, 3.63) is 187 Å². The van der Waals surface area contributed by atoms with E-state index < -0.39 is 31.3 Å². The van der Waals surface area contributed by atoms with Crippen molar-refractivity contribution >= 4 is 107 Å². The number of ether oxygens (including phenoxy) is 2. The number of halogens is 3. The molecular weight excluding hydrogens is 1180 g/mol. The zero-order valence-corrected chi connectivity index (χ0v) is 51.2. The molecule has 0 aromatic heterocycles. The number of hydrogen-bond acceptors (Lipinski definition) is 13. The Morgan fingerprint density at radius 2 is 1.04 bits per heavy atom. The molecule has 0 saturated carbocycles. The molecule has 5 aliphatic rings. The van der Waals surface area contributed by atoms with Crippen LogP contribution >= 0.6 is 34.8 Å². The van der Waals surface area contributed by atoms with Gasteiger partial charge in [-0.25, -0.2) is 31.9 Å². The van der Waals surface area contributed by atoms with Gasteiger partial charge in [0.05, 0.1) is 24.3 Å². The fraction of sp³-hybridized carbons (Fsp3) is 0.306. The third-order valence-corrected chi connectivity index (χ3v) is 17.0.